The van der Waals surface area contributed by atoms with Gasteiger partial charge in [-0.05, 0) is 55.5 Å². The van der Waals surface area contributed by atoms with Crippen molar-refractivity contribution < 1.29 is 14.3 Å². The SMILES string of the molecule is Cc1nc2ncccc2c(=O)n1-c1cccc(NC(=O)c2ccc3c(c2)OCO3)c1. The Morgan fingerprint density at radius 1 is 1.07 bits per heavy atom. The van der Waals surface area contributed by atoms with Crippen LogP contribution in [0.15, 0.2) is 65.6 Å². The highest BCUT2D eigenvalue weighted by Gasteiger charge is 2.17. The average Bonchev–Trinajstić information content (AvgIpc) is 3.22. The van der Waals surface area contributed by atoms with Gasteiger partial charge >= 0.3 is 0 Å². The molecule has 0 aliphatic carbocycles. The van der Waals surface area contributed by atoms with Crippen molar-refractivity contribution in [2.45, 2.75) is 6.92 Å². The number of hydrogen-bond donors (Lipinski definition) is 1. The summed E-state index contributed by atoms with van der Waals surface area (Å²) in [6.07, 6.45) is 1.60. The van der Waals surface area contributed by atoms with Crippen molar-refractivity contribution in [3.8, 4) is 17.2 Å². The molecule has 0 bridgehead atoms. The van der Waals surface area contributed by atoms with Crippen molar-refractivity contribution in [1.29, 1.82) is 0 Å². The quantitative estimate of drug-likeness (QED) is 0.568. The summed E-state index contributed by atoms with van der Waals surface area (Å²) in [5.41, 5.74) is 1.77. The molecule has 8 nitrogen and oxygen atoms in total. The summed E-state index contributed by atoms with van der Waals surface area (Å²) < 4.78 is 12.1. The molecule has 1 aliphatic rings. The van der Waals surface area contributed by atoms with Crippen LogP contribution in [0.25, 0.3) is 16.7 Å². The Kier molecular flexibility index (Phi) is 4.17. The fourth-order valence-electron chi connectivity index (χ4n) is 3.39. The fraction of sp³-hybridized carbons (Fsp3) is 0.0909. The van der Waals surface area contributed by atoms with Gasteiger partial charge in [-0.15, -0.1) is 0 Å². The molecule has 2 aromatic heterocycles. The maximum Gasteiger partial charge on any atom is 0.267 e. The van der Waals surface area contributed by atoms with E-state index in [1.54, 1.807) is 67.7 Å². The predicted molar refractivity (Wildman–Crippen MR) is 110 cm³/mol. The summed E-state index contributed by atoms with van der Waals surface area (Å²) in [5, 5.41) is 3.28. The first-order valence-electron chi connectivity index (χ1n) is 9.26. The highest BCUT2D eigenvalue weighted by atomic mass is 16.7. The third-order valence-electron chi connectivity index (χ3n) is 4.81. The molecule has 148 valence electrons. The molecule has 0 saturated heterocycles. The van der Waals surface area contributed by atoms with Gasteiger partial charge in [-0.2, -0.15) is 0 Å². The van der Waals surface area contributed by atoms with Gasteiger partial charge < -0.3 is 14.8 Å². The van der Waals surface area contributed by atoms with Crippen LogP contribution < -0.4 is 20.3 Å². The molecule has 8 heteroatoms. The van der Waals surface area contributed by atoms with Crippen LogP contribution in [0, 0.1) is 6.92 Å². The van der Waals surface area contributed by atoms with Gasteiger partial charge in [-0.3, -0.25) is 14.2 Å². The Labute approximate surface area is 170 Å². The summed E-state index contributed by atoms with van der Waals surface area (Å²) in [6, 6.07) is 15.4. The first-order chi connectivity index (χ1) is 14.6. The number of rotatable bonds is 3. The number of pyridine rings is 1. The van der Waals surface area contributed by atoms with Crippen LogP contribution in [0.2, 0.25) is 0 Å². The van der Waals surface area contributed by atoms with Gasteiger partial charge in [0, 0.05) is 17.4 Å². The largest absolute Gasteiger partial charge is 0.454 e. The highest BCUT2D eigenvalue weighted by molar-refractivity contribution is 6.04. The van der Waals surface area contributed by atoms with Crippen LogP contribution in [-0.2, 0) is 0 Å². The fourth-order valence-corrected chi connectivity index (χ4v) is 3.39. The van der Waals surface area contributed by atoms with E-state index in [0.717, 1.165) is 0 Å². The molecule has 1 N–H and O–H groups in total. The zero-order valence-electron chi connectivity index (χ0n) is 16.0. The van der Waals surface area contributed by atoms with Gasteiger partial charge in [0.1, 0.15) is 5.82 Å². The number of nitrogens with zero attached hydrogens (tertiary/aromatic N) is 3. The number of carbonyl (C=O) groups is 1. The number of benzene rings is 2. The monoisotopic (exact) mass is 400 g/mol. The van der Waals surface area contributed by atoms with Crippen molar-refractivity contribution in [2.75, 3.05) is 12.1 Å². The first-order valence-corrected chi connectivity index (χ1v) is 9.26. The number of fused-ring (bicyclic) bond motifs is 2. The number of amides is 1. The zero-order chi connectivity index (χ0) is 20.7. The van der Waals surface area contributed by atoms with E-state index >= 15 is 0 Å². The Balaban J connectivity index is 1.49. The number of carbonyl (C=O) groups excluding carboxylic acids is 1. The molecule has 0 radical (unpaired) electrons. The predicted octanol–water partition coefficient (Wildman–Crippen LogP) is 3.07. The first kappa shape index (κ1) is 17.9. The molecular formula is C22H16N4O4. The highest BCUT2D eigenvalue weighted by Crippen LogP contribution is 2.32. The van der Waals surface area contributed by atoms with Crippen LogP contribution in [0.5, 0.6) is 11.5 Å². The van der Waals surface area contributed by atoms with Crippen LogP contribution in [-0.4, -0.2) is 27.2 Å². The normalized spacial score (nSPS) is 12.2. The number of anilines is 1. The molecule has 2 aromatic carbocycles. The van der Waals surface area contributed by atoms with E-state index in [2.05, 4.69) is 15.3 Å². The molecule has 5 rings (SSSR count). The molecule has 0 unspecified atom stereocenters. The van der Waals surface area contributed by atoms with Gasteiger partial charge in [0.05, 0.1) is 11.1 Å². The van der Waals surface area contributed by atoms with E-state index in [9.17, 15) is 9.59 Å². The van der Waals surface area contributed by atoms with E-state index < -0.39 is 0 Å². The van der Waals surface area contributed by atoms with Crippen LogP contribution in [0.3, 0.4) is 0 Å². The standard InChI is InChI=1S/C22H16N4O4/c1-13-24-20-17(6-3-9-23-20)22(28)26(13)16-5-2-4-15(11-16)25-21(27)14-7-8-18-19(10-14)30-12-29-18/h2-11H,12H2,1H3,(H,25,27). The molecule has 1 aliphatic heterocycles. The zero-order valence-corrected chi connectivity index (χ0v) is 16.0. The lowest BCUT2D eigenvalue weighted by atomic mass is 10.2. The summed E-state index contributed by atoms with van der Waals surface area (Å²) in [6.45, 7) is 1.89. The second-order valence-electron chi connectivity index (χ2n) is 6.75. The van der Waals surface area contributed by atoms with Crippen molar-refractivity contribution in [2.24, 2.45) is 0 Å². The van der Waals surface area contributed by atoms with Crippen molar-refractivity contribution in [3.05, 3.63) is 82.5 Å². The maximum absolute atomic E-state index is 13.0. The lowest BCUT2D eigenvalue weighted by molar-refractivity contribution is 0.102. The van der Waals surface area contributed by atoms with Gasteiger partial charge in [0.15, 0.2) is 17.1 Å². The van der Waals surface area contributed by atoms with Crippen LogP contribution >= 0.6 is 0 Å². The third-order valence-corrected chi connectivity index (χ3v) is 4.81. The molecule has 0 spiro atoms. The van der Waals surface area contributed by atoms with E-state index in [0.29, 0.717) is 45.3 Å². The van der Waals surface area contributed by atoms with Gasteiger partial charge in [0.2, 0.25) is 6.79 Å². The molecule has 3 heterocycles. The molecule has 0 saturated carbocycles. The summed E-state index contributed by atoms with van der Waals surface area (Å²) >= 11 is 0. The second kappa shape index (κ2) is 7.00. The summed E-state index contributed by atoms with van der Waals surface area (Å²) in [7, 11) is 0. The van der Waals surface area contributed by atoms with Gasteiger partial charge in [0.25, 0.3) is 11.5 Å². The van der Waals surface area contributed by atoms with Crippen molar-refractivity contribution in [3.63, 3.8) is 0 Å². The van der Waals surface area contributed by atoms with Crippen LogP contribution in [0.4, 0.5) is 5.69 Å². The van der Waals surface area contributed by atoms with Gasteiger partial charge in [-0.1, -0.05) is 6.07 Å². The van der Waals surface area contributed by atoms with Gasteiger partial charge in [-0.25, -0.2) is 9.97 Å². The van der Waals surface area contributed by atoms with Crippen molar-refractivity contribution in [1.82, 2.24) is 14.5 Å². The Morgan fingerprint density at radius 2 is 1.93 bits per heavy atom. The minimum Gasteiger partial charge on any atom is -0.454 e. The van der Waals surface area contributed by atoms with Crippen LogP contribution in [0.1, 0.15) is 16.2 Å². The number of hydrogen-bond acceptors (Lipinski definition) is 6. The number of aryl methyl sites for hydroxylation is 1. The number of aromatic nitrogens is 3. The average molecular weight is 400 g/mol. The topological polar surface area (TPSA) is 95.3 Å². The summed E-state index contributed by atoms with van der Waals surface area (Å²) in [4.78, 5) is 34.2. The Bertz CT molecular complexity index is 1360. The van der Waals surface area contributed by atoms with E-state index in [-0.39, 0.29) is 18.3 Å². The molecule has 0 fully saturated rings. The minimum absolute atomic E-state index is 0.145. The van der Waals surface area contributed by atoms with Crippen molar-refractivity contribution >= 4 is 22.6 Å². The lowest BCUT2D eigenvalue weighted by Crippen LogP contribution is -2.22. The van der Waals surface area contributed by atoms with E-state index in [1.807, 2.05) is 0 Å². The molecule has 1 amide bonds. The maximum atomic E-state index is 13.0. The minimum atomic E-state index is -0.296. The molecule has 30 heavy (non-hydrogen) atoms. The van der Waals surface area contributed by atoms with E-state index in [4.69, 9.17) is 9.47 Å². The third kappa shape index (κ3) is 3.04. The summed E-state index contributed by atoms with van der Waals surface area (Å²) in [5.74, 6) is 1.36. The number of nitrogens with one attached hydrogen (secondary N) is 1. The smallest absolute Gasteiger partial charge is 0.267 e. The number of ether oxygens (including phenoxy) is 2. The second-order valence-corrected chi connectivity index (χ2v) is 6.75. The van der Waals surface area contributed by atoms with E-state index in [1.165, 1.54) is 4.57 Å². The molecular weight excluding hydrogens is 384 g/mol. The Hall–Kier alpha value is -4.20. The Morgan fingerprint density at radius 3 is 2.83 bits per heavy atom. The molecule has 0 atom stereocenters. The lowest BCUT2D eigenvalue weighted by Gasteiger charge is -2.12. The molecule has 4 aromatic rings.